The zero-order valence-electron chi connectivity index (χ0n) is 15.3. The Labute approximate surface area is 163 Å². The van der Waals surface area contributed by atoms with E-state index in [9.17, 15) is 4.79 Å². The smallest absolute Gasteiger partial charge is 0.220 e. The van der Waals surface area contributed by atoms with Gasteiger partial charge in [-0.2, -0.15) is 0 Å². The van der Waals surface area contributed by atoms with Crippen LogP contribution in [0.25, 0.3) is 22.0 Å². The van der Waals surface area contributed by atoms with E-state index in [0.29, 0.717) is 10.9 Å². The first-order chi connectivity index (χ1) is 13.0. The molecular formula is C21H23ClN4O. The number of nitrogens with two attached hydrogens (primary N) is 1. The van der Waals surface area contributed by atoms with Gasteiger partial charge in [-0.1, -0.05) is 29.8 Å². The summed E-state index contributed by atoms with van der Waals surface area (Å²) in [4.78, 5) is 19.2. The number of nitrogens with one attached hydrogen (secondary N) is 2. The van der Waals surface area contributed by atoms with Crippen LogP contribution >= 0.6 is 11.6 Å². The fourth-order valence-corrected chi connectivity index (χ4v) is 4.28. The minimum atomic E-state index is -0.183. The molecule has 0 radical (unpaired) electrons. The van der Waals surface area contributed by atoms with Crippen molar-refractivity contribution >= 4 is 34.2 Å². The van der Waals surface area contributed by atoms with Crippen LogP contribution in [0.2, 0.25) is 5.02 Å². The first-order valence-electron chi connectivity index (χ1n) is 9.28. The van der Waals surface area contributed by atoms with Crippen molar-refractivity contribution in [2.24, 2.45) is 17.6 Å². The number of hydrogen-bond acceptors (Lipinski definition) is 3. The molecule has 1 amide bonds. The lowest BCUT2D eigenvalue weighted by molar-refractivity contribution is -0.121. The van der Waals surface area contributed by atoms with Gasteiger partial charge in [-0.05, 0) is 43.7 Å². The highest BCUT2D eigenvalue weighted by atomic mass is 35.5. The topological polar surface area (TPSA) is 83.8 Å². The van der Waals surface area contributed by atoms with E-state index >= 15 is 0 Å². The van der Waals surface area contributed by atoms with Crippen molar-refractivity contribution in [1.82, 2.24) is 9.97 Å². The minimum Gasteiger partial charge on any atom is -0.370 e. The SMILES string of the molecule is Cc1cccc2c(-c3cnc(NCC4CCC(C(N)=O)C4)cc3Cl)c[nH]c12. The Morgan fingerprint density at radius 3 is 2.96 bits per heavy atom. The second-order valence-corrected chi connectivity index (χ2v) is 7.82. The highest BCUT2D eigenvalue weighted by Crippen LogP contribution is 2.35. The van der Waals surface area contributed by atoms with Crippen LogP contribution in [0.5, 0.6) is 0 Å². The molecule has 2 atom stereocenters. The van der Waals surface area contributed by atoms with E-state index in [0.717, 1.165) is 53.7 Å². The van der Waals surface area contributed by atoms with Gasteiger partial charge in [0, 0.05) is 46.9 Å². The molecule has 1 fully saturated rings. The second kappa shape index (κ2) is 7.24. The van der Waals surface area contributed by atoms with Crippen LogP contribution in [0, 0.1) is 18.8 Å². The van der Waals surface area contributed by atoms with Crippen molar-refractivity contribution in [3.05, 3.63) is 47.2 Å². The number of hydrogen-bond donors (Lipinski definition) is 3. The molecule has 2 heterocycles. The average molecular weight is 383 g/mol. The number of rotatable bonds is 5. The first-order valence-corrected chi connectivity index (χ1v) is 9.66. The van der Waals surface area contributed by atoms with E-state index in [-0.39, 0.29) is 11.8 Å². The summed E-state index contributed by atoms with van der Waals surface area (Å²) in [6.45, 7) is 2.86. The fraction of sp³-hybridized carbons (Fsp3) is 0.333. The first kappa shape index (κ1) is 17.9. The van der Waals surface area contributed by atoms with Gasteiger partial charge >= 0.3 is 0 Å². The maximum atomic E-state index is 11.3. The third kappa shape index (κ3) is 3.52. The van der Waals surface area contributed by atoms with Crippen LogP contribution in [0.4, 0.5) is 5.82 Å². The molecule has 27 heavy (non-hydrogen) atoms. The monoisotopic (exact) mass is 382 g/mol. The maximum absolute atomic E-state index is 11.3. The maximum Gasteiger partial charge on any atom is 0.220 e. The minimum absolute atomic E-state index is 0.0149. The fourth-order valence-electron chi connectivity index (χ4n) is 4.02. The Hall–Kier alpha value is -2.53. The lowest BCUT2D eigenvalue weighted by Crippen LogP contribution is -2.21. The summed E-state index contributed by atoms with van der Waals surface area (Å²) in [6, 6.07) is 8.09. The molecule has 2 unspecified atom stereocenters. The number of fused-ring (bicyclic) bond motifs is 1. The third-order valence-electron chi connectivity index (χ3n) is 5.58. The van der Waals surface area contributed by atoms with Gasteiger partial charge in [0.2, 0.25) is 5.91 Å². The third-order valence-corrected chi connectivity index (χ3v) is 5.90. The molecule has 4 N–H and O–H groups in total. The number of para-hydroxylation sites is 1. The molecule has 0 aliphatic heterocycles. The van der Waals surface area contributed by atoms with Gasteiger partial charge in [-0.3, -0.25) is 4.79 Å². The van der Waals surface area contributed by atoms with Gasteiger partial charge < -0.3 is 16.0 Å². The van der Waals surface area contributed by atoms with Crippen molar-refractivity contribution in [3.63, 3.8) is 0 Å². The molecule has 3 aromatic rings. The quantitative estimate of drug-likeness (QED) is 0.607. The van der Waals surface area contributed by atoms with Crippen molar-refractivity contribution in [2.45, 2.75) is 26.2 Å². The lowest BCUT2D eigenvalue weighted by atomic mass is 10.0. The Morgan fingerprint density at radius 1 is 1.37 bits per heavy atom. The Bertz CT molecular complexity index is 997. The molecule has 1 aromatic carbocycles. The van der Waals surface area contributed by atoms with E-state index < -0.39 is 0 Å². The molecule has 1 saturated carbocycles. The van der Waals surface area contributed by atoms with Crippen LogP contribution in [-0.4, -0.2) is 22.4 Å². The van der Waals surface area contributed by atoms with Crippen LogP contribution in [-0.2, 0) is 4.79 Å². The van der Waals surface area contributed by atoms with Gasteiger partial charge in [-0.15, -0.1) is 0 Å². The summed E-state index contributed by atoms with van der Waals surface area (Å²) in [6.07, 6.45) is 6.55. The van der Waals surface area contributed by atoms with E-state index in [1.54, 1.807) is 0 Å². The number of H-pyrrole nitrogens is 1. The zero-order chi connectivity index (χ0) is 19.0. The molecule has 6 heteroatoms. The molecule has 0 saturated heterocycles. The molecule has 5 nitrogen and oxygen atoms in total. The van der Waals surface area contributed by atoms with Gasteiger partial charge in [0.1, 0.15) is 5.82 Å². The van der Waals surface area contributed by atoms with Crippen molar-refractivity contribution in [3.8, 4) is 11.1 Å². The van der Waals surface area contributed by atoms with Crippen molar-refractivity contribution < 1.29 is 4.79 Å². The van der Waals surface area contributed by atoms with Crippen LogP contribution in [0.3, 0.4) is 0 Å². The largest absolute Gasteiger partial charge is 0.370 e. The average Bonchev–Trinajstić information content (AvgIpc) is 3.28. The normalized spacial score (nSPS) is 19.5. The second-order valence-electron chi connectivity index (χ2n) is 7.41. The van der Waals surface area contributed by atoms with Crippen molar-refractivity contribution in [1.29, 1.82) is 0 Å². The van der Waals surface area contributed by atoms with E-state index in [1.807, 2.05) is 24.5 Å². The predicted octanol–water partition coefficient (Wildman–Crippen LogP) is 4.51. The number of pyridine rings is 1. The van der Waals surface area contributed by atoms with E-state index in [1.165, 1.54) is 5.56 Å². The Kier molecular flexibility index (Phi) is 4.79. The number of carbonyl (C=O) groups is 1. The molecular weight excluding hydrogens is 360 g/mol. The molecule has 4 rings (SSSR count). The van der Waals surface area contributed by atoms with Crippen LogP contribution < -0.4 is 11.1 Å². The molecule has 140 valence electrons. The molecule has 2 aromatic heterocycles. The summed E-state index contributed by atoms with van der Waals surface area (Å²) in [5.74, 6) is 1.03. The Morgan fingerprint density at radius 2 is 2.22 bits per heavy atom. The number of benzene rings is 1. The summed E-state index contributed by atoms with van der Waals surface area (Å²) in [5, 5.41) is 5.16. The lowest BCUT2D eigenvalue weighted by Gasteiger charge is -2.13. The summed E-state index contributed by atoms with van der Waals surface area (Å²) in [7, 11) is 0. The highest BCUT2D eigenvalue weighted by molar-refractivity contribution is 6.34. The van der Waals surface area contributed by atoms with Crippen molar-refractivity contribution in [2.75, 3.05) is 11.9 Å². The Balaban J connectivity index is 1.49. The van der Waals surface area contributed by atoms with Gasteiger partial charge in [0.25, 0.3) is 0 Å². The summed E-state index contributed by atoms with van der Waals surface area (Å²) < 4.78 is 0. The van der Waals surface area contributed by atoms with Crippen LogP contribution in [0.1, 0.15) is 24.8 Å². The van der Waals surface area contributed by atoms with E-state index in [2.05, 4.69) is 34.3 Å². The number of nitrogens with zero attached hydrogens (tertiary/aromatic N) is 1. The number of carbonyl (C=O) groups excluding carboxylic acids is 1. The number of aryl methyl sites for hydroxylation is 1. The number of halogens is 1. The highest BCUT2D eigenvalue weighted by Gasteiger charge is 2.28. The molecule has 0 spiro atoms. The van der Waals surface area contributed by atoms with Gasteiger partial charge in [0.15, 0.2) is 0 Å². The van der Waals surface area contributed by atoms with E-state index in [4.69, 9.17) is 17.3 Å². The predicted molar refractivity (Wildman–Crippen MR) is 110 cm³/mol. The van der Waals surface area contributed by atoms with Crippen LogP contribution in [0.15, 0.2) is 36.7 Å². The van der Waals surface area contributed by atoms with Gasteiger partial charge in [-0.25, -0.2) is 4.98 Å². The zero-order valence-corrected chi connectivity index (χ0v) is 16.0. The summed E-state index contributed by atoms with van der Waals surface area (Å²) in [5.41, 5.74) is 9.69. The number of aromatic nitrogens is 2. The number of anilines is 1. The van der Waals surface area contributed by atoms with Gasteiger partial charge in [0.05, 0.1) is 5.02 Å². The standard InChI is InChI=1S/C21H23ClN4O/c1-12-3-2-4-15-16(10-26-20(12)15)17-11-25-19(8-18(17)22)24-9-13-5-6-14(7-13)21(23)27/h2-4,8,10-11,13-14,26H,5-7,9H2,1H3,(H2,23,27)(H,24,25). The summed E-state index contributed by atoms with van der Waals surface area (Å²) >= 11 is 6.57. The number of primary amides is 1. The molecule has 1 aliphatic carbocycles. The number of amides is 1. The molecule has 1 aliphatic rings. The molecule has 0 bridgehead atoms. The number of aromatic amines is 1.